The molecule has 0 atom stereocenters. The fraction of sp³-hybridized carbons (Fsp3) is 0.375. The molecule has 18 heavy (non-hydrogen) atoms. The van der Waals surface area contributed by atoms with Crippen LogP contribution in [0.5, 0.6) is 0 Å². The molecule has 0 saturated heterocycles. The first kappa shape index (κ1) is 14.4. The van der Waals surface area contributed by atoms with E-state index in [2.05, 4.69) is 63.6 Å². The van der Waals surface area contributed by atoms with Crippen molar-refractivity contribution in [2.75, 3.05) is 5.32 Å². The average molecular weight is 244 g/mol. The third kappa shape index (κ3) is 4.28. The van der Waals surface area contributed by atoms with E-state index < -0.39 is 0 Å². The number of hydrogen-bond acceptors (Lipinski definition) is 2. The molecular formula is C16H24N2. The highest BCUT2D eigenvalue weighted by molar-refractivity contribution is 5.66. The Morgan fingerprint density at radius 3 is 2.33 bits per heavy atom. The summed E-state index contributed by atoms with van der Waals surface area (Å²) in [7, 11) is 0. The summed E-state index contributed by atoms with van der Waals surface area (Å²) in [5, 5.41) is 6.64. The molecule has 1 aromatic rings. The largest absolute Gasteiger partial charge is 0.383 e. The summed E-state index contributed by atoms with van der Waals surface area (Å²) in [5.41, 5.74) is 4.13. The van der Waals surface area contributed by atoms with E-state index >= 15 is 0 Å². The van der Waals surface area contributed by atoms with Crippen LogP contribution in [0.2, 0.25) is 0 Å². The molecule has 0 amide bonds. The van der Waals surface area contributed by atoms with Gasteiger partial charge in [0.15, 0.2) is 0 Å². The quantitative estimate of drug-likeness (QED) is 0.782. The molecule has 0 aliphatic rings. The smallest absolute Gasteiger partial charge is 0.0388 e. The normalized spacial score (nSPS) is 10.6. The summed E-state index contributed by atoms with van der Waals surface area (Å²) in [4.78, 5) is 0. The molecule has 2 N–H and O–H groups in total. The van der Waals surface area contributed by atoms with Crippen LogP contribution in [-0.4, -0.2) is 6.04 Å². The minimum atomic E-state index is 0.389. The fourth-order valence-electron chi connectivity index (χ4n) is 1.55. The highest BCUT2D eigenvalue weighted by Gasteiger charge is 2.04. The zero-order valence-electron chi connectivity index (χ0n) is 11.9. The summed E-state index contributed by atoms with van der Waals surface area (Å²) >= 11 is 0. The van der Waals surface area contributed by atoms with E-state index in [4.69, 9.17) is 0 Å². The van der Waals surface area contributed by atoms with Gasteiger partial charge in [-0.2, -0.15) is 0 Å². The Morgan fingerprint density at radius 1 is 1.11 bits per heavy atom. The van der Waals surface area contributed by atoms with Crippen molar-refractivity contribution in [2.24, 2.45) is 5.92 Å². The number of benzene rings is 1. The molecule has 0 bridgehead atoms. The van der Waals surface area contributed by atoms with Gasteiger partial charge in [0, 0.05) is 23.1 Å². The lowest BCUT2D eigenvalue weighted by molar-refractivity contribution is 0.718. The minimum Gasteiger partial charge on any atom is -0.383 e. The van der Waals surface area contributed by atoms with Crippen LogP contribution in [0.1, 0.15) is 33.3 Å². The van der Waals surface area contributed by atoms with Crippen molar-refractivity contribution < 1.29 is 0 Å². The van der Waals surface area contributed by atoms with Crippen LogP contribution in [-0.2, 0) is 0 Å². The van der Waals surface area contributed by atoms with Crippen LogP contribution in [0.4, 0.5) is 5.69 Å². The first-order valence-electron chi connectivity index (χ1n) is 6.42. The van der Waals surface area contributed by atoms with E-state index in [-0.39, 0.29) is 0 Å². The molecule has 0 aliphatic heterocycles. The van der Waals surface area contributed by atoms with Crippen molar-refractivity contribution in [3.63, 3.8) is 0 Å². The van der Waals surface area contributed by atoms with Gasteiger partial charge >= 0.3 is 0 Å². The van der Waals surface area contributed by atoms with E-state index in [1.54, 1.807) is 0 Å². The summed E-state index contributed by atoms with van der Waals surface area (Å²) in [5.74, 6) is 0.422. The number of anilines is 1. The van der Waals surface area contributed by atoms with Crippen molar-refractivity contribution in [3.05, 3.63) is 48.7 Å². The Kier molecular flexibility index (Phi) is 5.02. The van der Waals surface area contributed by atoms with Gasteiger partial charge < -0.3 is 10.6 Å². The average Bonchev–Trinajstić information content (AvgIpc) is 2.28. The lowest BCUT2D eigenvalue weighted by Crippen LogP contribution is -2.20. The third-order valence-corrected chi connectivity index (χ3v) is 2.68. The van der Waals surface area contributed by atoms with Gasteiger partial charge in [-0.25, -0.2) is 0 Å². The van der Waals surface area contributed by atoms with Gasteiger partial charge in [0.1, 0.15) is 0 Å². The molecule has 0 fully saturated rings. The Balaban J connectivity index is 2.79. The van der Waals surface area contributed by atoms with Crippen molar-refractivity contribution in [3.8, 4) is 0 Å². The lowest BCUT2D eigenvalue weighted by Gasteiger charge is -2.16. The SMILES string of the molecule is C=C(NC(C)C)c1cccc(NC(=C)C(C)C)c1. The van der Waals surface area contributed by atoms with Crippen LogP contribution in [0.25, 0.3) is 5.70 Å². The molecule has 2 heteroatoms. The summed E-state index contributed by atoms with van der Waals surface area (Å²) in [6.07, 6.45) is 0. The standard InChI is InChI=1S/C16H24N2/c1-11(2)13(5)18-16-9-7-8-15(10-16)14(6)17-12(3)4/h7-12,17-18H,5-6H2,1-4H3. The summed E-state index contributed by atoms with van der Waals surface area (Å²) < 4.78 is 0. The maximum Gasteiger partial charge on any atom is 0.0388 e. The van der Waals surface area contributed by atoms with Crippen LogP contribution in [0.3, 0.4) is 0 Å². The number of rotatable bonds is 6. The molecule has 0 saturated carbocycles. The highest BCUT2D eigenvalue weighted by Crippen LogP contribution is 2.19. The van der Waals surface area contributed by atoms with Crippen LogP contribution in [0.15, 0.2) is 43.1 Å². The summed E-state index contributed by atoms with van der Waals surface area (Å²) in [6.45, 7) is 16.5. The molecule has 2 nitrogen and oxygen atoms in total. The van der Waals surface area contributed by atoms with E-state index in [1.165, 1.54) is 0 Å². The molecular weight excluding hydrogens is 220 g/mol. The first-order valence-corrected chi connectivity index (χ1v) is 6.42. The highest BCUT2D eigenvalue weighted by atomic mass is 14.9. The predicted molar refractivity (Wildman–Crippen MR) is 81.3 cm³/mol. The van der Waals surface area contributed by atoms with E-state index in [1.807, 2.05) is 12.1 Å². The molecule has 1 rings (SSSR count). The van der Waals surface area contributed by atoms with Crippen molar-refractivity contribution in [1.29, 1.82) is 0 Å². The zero-order valence-corrected chi connectivity index (χ0v) is 11.9. The summed E-state index contributed by atoms with van der Waals surface area (Å²) in [6, 6.07) is 8.60. The van der Waals surface area contributed by atoms with Gasteiger partial charge in [0.05, 0.1) is 0 Å². The minimum absolute atomic E-state index is 0.389. The van der Waals surface area contributed by atoms with Gasteiger partial charge in [-0.15, -0.1) is 0 Å². The Bertz CT molecular complexity index is 430. The van der Waals surface area contributed by atoms with Crippen molar-refractivity contribution in [1.82, 2.24) is 5.32 Å². The molecule has 0 radical (unpaired) electrons. The second kappa shape index (κ2) is 6.29. The Hall–Kier alpha value is -1.70. The monoisotopic (exact) mass is 244 g/mol. The molecule has 0 aromatic heterocycles. The van der Waals surface area contributed by atoms with E-state index in [0.717, 1.165) is 22.6 Å². The fourth-order valence-corrected chi connectivity index (χ4v) is 1.55. The van der Waals surface area contributed by atoms with Crippen molar-refractivity contribution in [2.45, 2.75) is 33.7 Å². The first-order chi connectivity index (χ1) is 8.40. The Labute approximate surface area is 111 Å². The molecule has 0 aliphatic carbocycles. The lowest BCUT2D eigenvalue weighted by atomic mass is 10.1. The number of allylic oxidation sites excluding steroid dienone is 1. The maximum atomic E-state index is 4.06. The Morgan fingerprint density at radius 2 is 1.78 bits per heavy atom. The van der Waals surface area contributed by atoms with Gasteiger partial charge in [0.25, 0.3) is 0 Å². The molecule has 98 valence electrons. The van der Waals surface area contributed by atoms with Gasteiger partial charge in [-0.3, -0.25) is 0 Å². The van der Waals surface area contributed by atoms with Crippen molar-refractivity contribution >= 4 is 11.4 Å². The van der Waals surface area contributed by atoms with Crippen LogP contribution < -0.4 is 10.6 Å². The number of nitrogens with one attached hydrogen (secondary N) is 2. The molecule has 0 spiro atoms. The van der Waals surface area contributed by atoms with Gasteiger partial charge in [-0.1, -0.05) is 39.1 Å². The maximum absolute atomic E-state index is 4.06. The van der Waals surface area contributed by atoms with Crippen LogP contribution in [0, 0.1) is 5.92 Å². The molecule has 1 aromatic carbocycles. The predicted octanol–water partition coefficient (Wildman–Crippen LogP) is 4.24. The van der Waals surface area contributed by atoms with E-state index in [9.17, 15) is 0 Å². The topological polar surface area (TPSA) is 24.1 Å². The second-order valence-electron chi connectivity index (χ2n) is 5.16. The molecule has 0 heterocycles. The second-order valence-corrected chi connectivity index (χ2v) is 5.16. The van der Waals surface area contributed by atoms with Gasteiger partial charge in [0.2, 0.25) is 0 Å². The van der Waals surface area contributed by atoms with Gasteiger partial charge in [-0.05, 0) is 37.5 Å². The molecule has 0 unspecified atom stereocenters. The zero-order chi connectivity index (χ0) is 13.7. The van der Waals surface area contributed by atoms with Crippen LogP contribution >= 0.6 is 0 Å². The number of hydrogen-bond donors (Lipinski definition) is 2. The third-order valence-electron chi connectivity index (χ3n) is 2.68. The van der Waals surface area contributed by atoms with E-state index in [0.29, 0.717) is 12.0 Å².